The fourth-order valence-corrected chi connectivity index (χ4v) is 2.75. The van der Waals surface area contributed by atoms with Crippen LogP contribution in [0.1, 0.15) is 5.56 Å². The third kappa shape index (κ3) is 4.78. The molecule has 3 aromatic rings. The van der Waals surface area contributed by atoms with Gasteiger partial charge in [0.25, 0.3) is 0 Å². The van der Waals surface area contributed by atoms with Crippen LogP contribution in [0.15, 0.2) is 86.8 Å². The summed E-state index contributed by atoms with van der Waals surface area (Å²) in [6.45, 7) is 0. The highest BCUT2D eigenvalue weighted by atomic mass is 32.2. The van der Waals surface area contributed by atoms with E-state index in [-0.39, 0.29) is 16.4 Å². The number of rotatable bonds is 5. The van der Waals surface area contributed by atoms with Gasteiger partial charge in [-0.3, -0.25) is 4.99 Å². The molecule has 3 rings (SSSR count). The maximum absolute atomic E-state index is 11.3. The fraction of sp³-hybridized carbons (Fsp3) is 0. The van der Waals surface area contributed by atoms with Gasteiger partial charge in [0.05, 0.1) is 16.3 Å². The number of nitrogens with two attached hydrogens (primary N) is 1. The average molecular weight is 396 g/mol. The molecule has 0 saturated carbocycles. The maximum Gasteiger partial charge on any atom is 0.238 e. The number of azo groups is 1. The van der Waals surface area contributed by atoms with Crippen molar-refractivity contribution in [2.24, 2.45) is 20.4 Å². The van der Waals surface area contributed by atoms with Crippen molar-refractivity contribution in [1.82, 2.24) is 0 Å². The van der Waals surface area contributed by atoms with Crippen LogP contribution in [-0.4, -0.2) is 24.8 Å². The van der Waals surface area contributed by atoms with E-state index in [9.17, 15) is 18.6 Å². The van der Waals surface area contributed by atoms with Crippen LogP contribution in [0.5, 0.6) is 11.5 Å². The first-order chi connectivity index (χ1) is 13.3. The minimum absolute atomic E-state index is 0.00405. The molecule has 4 N–H and O–H groups in total. The number of nitrogens with zero attached hydrogens (tertiary/aromatic N) is 3. The number of para-hydroxylation sites is 2. The van der Waals surface area contributed by atoms with E-state index in [0.717, 1.165) is 0 Å². The van der Waals surface area contributed by atoms with Gasteiger partial charge in [0.2, 0.25) is 10.0 Å². The molecule has 142 valence electrons. The van der Waals surface area contributed by atoms with Crippen LogP contribution in [0.4, 0.5) is 17.1 Å². The standard InChI is InChI=1S/C19H16N4O4S/c20-28(26,27)16-8-5-14(6-9-16)22-23-15-7-10-18(24)13(11-15)12-21-17-3-1-2-4-19(17)25/h1-12,24-25H,(H2,20,26,27). The predicted octanol–water partition coefficient (Wildman–Crippen LogP) is 3.91. The molecule has 0 radical (unpaired) electrons. The Kier molecular flexibility index (Phi) is 5.48. The summed E-state index contributed by atoms with van der Waals surface area (Å²) in [5.74, 6) is 0.0210. The minimum Gasteiger partial charge on any atom is -0.507 e. The highest BCUT2D eigenvalue weighted by molar-refractivity contribution is 7.89. The molecule has 0 fully saturated rings. The molecule has 0 unspecified atom stereocenters. The van der Waals surface area contributed by atoms with Crippen molar-refractivity contribution in [3.05, 3.63) is 72.3 Å². The highest BCUT2D eigenvalue weighted by Gasteiger charge is 2.06. The Balaban J connectivity index is 1.81. The Morgan fingerprint density at radius 1 is 0.821 bits per heavy atom. The second kappa shape index (κ2) is 7.99. The summed E-state index contributed by atoms with van der Waals surface area (Å²) in [7, 11) is -3.76. The number of hydrogen-bond acceptors (Lipinski definition) is 7. The van der Waals surface area contributed by atoms with E-state index in [1.165, 1.54) is 42.6 Å². The van der Waals surface area contributed by atoms with Gasteiger partial charge in [-0.15, -0.1) is 0 Å². The lowest BCUT2D eigenvalue weighted by Crippen LogP contribution is -2.11. The van der Waals surface area contributed by atoms with E-state index >= 15 is 0 Å². The number of sulfonamides is 1. The number of hydrogen-bond donors (Lipinski definition) is 3. The molecular formula is C19H16N4O4S. The molecule has 0 aliphatic carbocycles. The SMILES string of the molecule is NS(=O)(=O)c1ccc(N=Nc2ccc(O)c(C=Nc3ccccc3O)c2)cc1. The van der Waals surface area contributed by atoms with E-state index in [0.29, 0.717) is 22.6 Å². The summed E-state index contributed by atoms with van der Waals surface area (Å²) in [5.41, 5.74) is 1.64. The normalized spacial score (nSPS) is 12.0. The van der Waals surface area contributed by atoms with Gasteiger partial charge in [0.1, 0.15) is 17.2 Å². The zero-order valence-electron chi connectivity index (χ0n) is 14.5. The molecule has 0 heterocycles. The number of aliphatic imine (C=N–C) groups is 1. The molecule has 28 heavy (non-hydrogen) atoms. The summed E-state index contributed by atoms with van der Waals surface area (Å²) in [4.78, 5) is 4.14. The minimum atomic E-state index is -3.76. The number of aromatic hydroxyl groups is 2. The molecule has 0 aromatic heterocycles. The lowest BCUT2D eigenvalue weighted by molar-refractivity contribution is 0.474. The maximum atomic E-state index is 11.3. The predicted molar refractivity (Wildman–Crippen MR) is 105 cm³/mol. The largest absolute Gasteiger partial charge is 0.507 e. The Morgan fingerprint density at radius 3 is 2.14 bits per heavy atom. The van der Waals surface area contributed by atoms with Crippen molar-refractivity contribution in [3.63, 3.8) is 0 Å². The van der Waals surface area contributed by atoms with Gasteiger partial charge in [-0.1, -0.05) is 12.1 Å². The van der Waals surface area contributed by atoms with E-state index in [4.69, 9.17) is 5.14 Å². The molecule has 9 heteroatoms. The van der Waals surface area contributed by atoms with Crippen LogP contribution < -0.4 is 5.14 Å². The van der Waals surface area contributed by atoms with Crippen LogP contribution in [0, 0.1) is 0 Å². The second-order valence-corrected chi connectivity index (χ2v) is 7.29. The molecule has 0 spiro atoms. The van der Waals surface area contributed by atoms with Crippen molar-refractivity contribution < 1.29 is 18.6 Å². The number of phenols is 2. The van der Waals surface area contributed by atoms with Gasteiger partial charge in [-0.25, -0.2) is 13.6 Å². The lowest BCUT2D eigenvalue weighted by atomic mass is 10.2. The quantitative estimate of drug-likeness (QED) is 0.444. The van der Waals surface area contributed by atoms with Crippen LogP contribution in [0.3, 0.4) is 0 Å². The van der Waals surface area contributed by atoms with Gasteiger partial charge in [-0.05, 0) is 54.6 Å². The van der Waals surface area contributed by atoms with Gasteiger partial charge in [0.15, 0.2) is 0 Å². The van der Waals surface area contributed by atoms with Crippen molar-refractivity contribution >= 4 is 33.3 Å². The zero-order valence-corrected chi connectivity index (χ0v) is 15.3. The molecule has 0 amide bonds. The highest BCUT2D eigenvalue weighted by Crippen LogP contribution is 2.27. The van der Waals surface area contributed by atoms with Crippen molar-refractivity contribution in [1.29, 1.82) is 0 Å². The van der Waals surface area contributed by atoms with E-state index in [1.54, 1.807) is 30.3 Å². The second-order valence-electron chi connectivity index (χ2n) is 5.73. The van der Waals surface area contributed by atoms with Crippen molar-refractivity contribution in [2.45, 2.75) is 4.90 Å². The molecule has 0 aliphatic rings. The van der Waals surface area contributed by atoms with Crippen LogP contribution in [0.25, 0.3) is 0 Å². The van der Waals surface area contributed by atoms with Crippen molar-refractivity contribution in [3.8, 4) is 11.5 Å². The Labute approximate surface area is 161 Å². The third-order valence-corrected chi connectivity index (χ3v) is 4.61. The summed E-state index contributed by atoms with van der Waals surface area (Å²) >= 11 is 0. The van der Waals surface area contributed by atoms with E-state index in [2.05, 4.69) is 15.2 Å². The molecule has 3 aromatic carbocycles. The molecule has 0 aliphatic heterocycles. The van der Waals surface area contributed by atoms with Gasteiger partial charge >= 0.3 is 0 Å². The van der Waals surface area contributed by atoms with Gasteiger partial charge in [-0.2, -0.15) is 10.2 Å². The first-order valence-corrected chi connectivity index (χ1v) is 9.57. The topological polar surface area (TPSA) is 138 Å². The van der Waals surface area contributed by atoms with Crippen LogP contribution in [-0.2, 0) is 10.0 Å². The first-order valence-electron chi connectivity index (χ1n) is 8.02. The van der Waals surface area contributed by atoms with Gasteiger partial charge < -0.3 is 10.2 Å². The lowest BCUT2D eigenvalue weighted by Gasteiger charge is -2.01. The molecule has 0 bridgehead atoms. The number of primary sulfonamides is 1. The smallest absolute Gasteiger partial charge is 0.238 e. The summed E-state index contributed by atoms with van der Waals surface area (Å²) in [5, 5.41) is 32.9. The zero-order chi connectivity index (χ0) is 20.1. The van der Waals surface area contributed by atoms with E-state index < -0.39 is 10.0 Å². The Bertz CT molecular complexity index is 1160. The average Bonchev–Trinajstić information content (AvgIpc) is 2.67. The molecule has 0 atom stereocenters. The summed E-state index contributed by atoms with van der Waals surface area (Å²) in [6, 6.07) is 16.8. The molecular weight excluding hydrogens is 380 g/mol. The molecule has 0 saturated heterocycles. The fourth-order valence-electron chi connectivity index (χ4n) is 2.24. The van der Waals surface area contributed by atoms with Crippen LogP contribution >= 0.6 is 0 Å². The summed E-state index contributed by atoms with van der Waals surface area (Å²) < 4.78 is 22.5. The number of phenolic OH excluding ortho intramolecular Hbond substituents is 2. The Morgan fingerprint density at radius 2 is 1.46 bits per heavy atom. The van der Waals surface area contributed by atoms with E-state index in [1.807, 2.05) is 0 Å². The van der Waals surface area contributed by atoms with Crippen molar-refractivity contribution in [2.75, 3.05) is 0 Å². The Hall–Kier alpha value is -3.56. The monoisotopic (exact) mass is 396 g/mol. The molecule has 8 nitrogen and oxygen atoms in total. The van der Waals surface area contributed by atoms with Crippen LogP contribution in [0.2, 0.25) is 0 Å². The number of benzene rings is 3. The first kappa shape index (κ1) is 19.2. The van der Waals surface area contributed by atoms with Gasteiger partial charge in [0, 0.05) is 11.8 Å². The third-order valence-electron chi connectivity index (χ3n) is 3.68. The summed E-state index contributed by atoms with van der Waals surface area (Å²) in [6.07, 6.45) is 1.41.